The lowest BCUT2D eigenvalue weighted by Crippen LogP contribution is -2.11. The predicted molar refractivity (Wildman–Crippen MR) is 101 cm³/mol. The number of thioether (sulfide) groups is 1. The molecular weight excluding hydrogens is 386 g/mol. The number of hydrogen-bond acceptors (Lipinski definition) is 8. The van der Waals surface area contributed by atoms with E-state index in [1.165, 1.54) is 11.8 Å². The molecule has 0 bridgehead atoms. The first-order valence-electron chi connectivity index (χ1n) is 8.59. The van der Waals surface area contributed by atoms with E-state index in [0.717, 1.165) is 16.5 Å². The fraction of sp³-hybridized carbons (Fsp3) is 0.412. The molecule has 3 aromatic rings. The Morgan fingerprint density at radius 3 is 2.74 bits per heavy atom. The van der Waals surface area contributed by atoms with Crippen LogP contribution in [0.2, 0.25) is 0 Å². The third-order valence-corrected chi connectivity index (χ3v) is 7.38. The molecule has 1 atom stereocenters. The predicted octanol–water partition coefficient (Wildman–Crippen LogP) is 2.13. The van der Waals surface area contributed by atoms with Gasteiger partial charge in [0.2, 0.25) is 11.8 Å². The van der Waals surface area contributed by atoms with E-state index in [4.69, 9.17) is 4.42 Å². The molecule has 1 aliphatic heterocycles. The van der Waals surface area contributed by atoms with E-state index >= 15 is 0 Å². The molecule has 1 aromatic carbocycles. The summed E-state index contributed by atoms with van der Waals surface area (Å²) in [7, 11) is -0.986. The van der Waals surface area contributed by atoms with Crippen LogP contribution in [0.1, 0.15) is 18.1 Å². The van der Waals surface area contributed by atoms with Gasteiger partial charge in [0.25, 0.3) is 0 Å². The Bertz CT molecular complexity index is 1030. The van der Waals surface area contributed by atoms with Crippen molar-refractivity contribution in [2.45, 2.75) is 23.8 Å². The maximum absolute atomic E-state index is 11.6. The maximum Gasteiger partial charge on any atom is 0.247 e. The molecule has 0 saturated carbocycles. The molecule has 0 spiro atoms. The van der Waals surface area contributed by atoms with Gasteiger partial charge in [-0.3, -0.25) is 0 Å². The van der Waals surface area contributed by atoms with Gasteiger partial charge in [-0.15, -0.1) is 20.4 Å². The highest BCUT2D eigenvalue weighted by atomic mass is 32.2. The van der Waals surface area contributed by atoms with Gasteiger partial charge >= 0.3 is 0 Å². The van der Waals surface area contributed by atoms with Gasteiger partial charge in [-0.05, 0) is 24.5 Å². The minimum absolute atomic E-state index is 0.125. The Morgan fingerprint density at radius 1 is 1.19 bits per heavy atom. The van der Waals surface area contributed by atoms with Gasteiger partial charge in [0.05, 0.1) is 17.3 Å². The molecular formula is C17H19N5O3S2. The zero-order valence-corrected chi connectivity index (χ0v) is 16.4. The van der Waals surface area contributed by atoms with Crippen LogP contribution in [0.3, 0.4) is 0 Å². The first-order chi connectivity index (χ1) is 13.0. The highest BCUT2D eigenvalue weighted by Gasteiger charge is 2.29. The van der Waals surface area contributed by atoms with Crippen molar-refractivity contribution in [2.24, 2.45) is 13.0 Å². The Kier molecular flexibility index (Phi) is 5.00. The van der Waals surface area contributed by atoms with Crippen LogP contribution in [-0.2, 0) is 29.1 Å². The van der Waals surface area contributed by atoms with Crippen LogP contribution in [0.4, 0.5) is 0 Å². The molecule has 4 rings (SSSR count). The SMILES string of the molecule is Cn1c(C[C@H]2CCS(=O)(=O)C2)nnc1SCc1nnc(-c2ccccc2)o1. The Labute approximate surface area is 161 Å². The molecule has 0 amide bonds. The summed E-state index contributed by atoms with van der Waals surface area (Å²) in [5.74, 6) is 2.95. The highest BCUT2D eigenvalue weighted by Crippen LogP contribution is 2.26. The van der Waals surface area contributed by atoms with E-state index < -0.39 is 9.84 Å². The second kappa shape index (κ2) is 7.43. The van der Waals surface area contributed by atoms with E-state index in [0.29, 0.717) is 30.4 Å². The van der Waals surface area contributed by atoms with Crippen LogP contribution in [0, 0.1) is 5.92 Å². The van der Waals surface area contributed by atoms with Gasteiger partial charge in [-0.25, -0.2) is 8.42 Å². The van der Waals surface area contributed by atoms with E-state index in [2.05, 4.69) is 20.4 Å². The summed E-state index contributed by atoms with van der Waals surface area (Å²) in [6, 6.07) is 9.61. The fourth-order valence-corrected chi connectivity index (χ4v) is 5.70. The first-order valence-corrected chi connectivity index (χ1v) is 11.4. The Hall–Kier alpha value is -2.20. The second-order valence-electron chi connectivity index (χ2n) is 6.59. The molecule has 3 heterocycles. The van der Waals surface area contributed by atoms with Gasteiger partial charge in [-0.2, -0.15) is 0 Å². The topological polar surface area (TPSA) is 104 Å². The average Bonchev–Trinajstić information content (AvgIpc) is 3.35. The van der Waals surface area contributed by atoms with Gasteiger partial charge in [-0.1, -0.05) is 30.0 Å². The molecule has 10 heteroatoms. The van der Waals surface area contributed by atoms with Crippen LogP contribution in [-0.4, -0.2) is 44.9 Å². The average molecular weight is 406 g/mol. The molecule has 1 aliphatic rings. The minimum atomic E-state index is -2.88. The quantitative estimate of drug-likeness (QED) is 0.575. The third-order valence-electron chi connectivity index (χ3n) is 4.54. The van der Waals surface area contributed by atoms with Crippen LogP contribution < -0.4 is 0 Å². The molecule has 2 aromatic heterocycles. The van der Waals surface area contributed by atoms with Crippen molar-refractivity contribution >= 4 is 21.6 Å². The summed E-state index contributed by atoms with van der Waals surface area (Å²) in [5, 5.41) is 17.3. The van der Waals surface area contributed by atoms with E-state index in [-0.39, 0.29) is 17.4 Å². The number of benzene rings is 1. The summed E-state index contributed by atoms with van der Waals surface area (Å²) in [4.78, 5) is 0. The first kappa shape index (κ1) is 18.2. The lowest BCUT2D eigenvalue weighted by molar-refractivity contribution is 0.528. The summed E-state index contributed by atoms with van der Waals surface area (Å²) >= 11 is 1.46. The summed E-state index contributed by atoms with van der Waals surface area (Å²) < 4.78 is 30.8. The molecule has 27 heavy (non-hydrogen) atoms. The van der Waals surface area contributed by atoms with Crippen molar-refractivity contribution in [1.29, 1.82) is 0 Å². The van der Waals surface area contributed by atoms with Gasteiger partial charge in [0.15, 0.2) is 15.0 Å². The molecule has 0 unspecified atom stereocenters. The lowest BCUT2D eigenvalue weighted by Gasteiger charge is -2.07. The largest absolute Gasteiger partial charge is 0.420 e. The van der Waals surface area contributed by atoms with Crippen molar-refractivity contribution in [3.05, 3.63) is 42.0 Å². The monoisotopic (exact) mass is 405 g/mol. The summed E-state index contributed by atoms with van der Waals surface area (Å²) in [5.41, 5.74) is 0.883. The highest BCUT2D eigenvalue weighted by molar-refractivity contribution is 7.98. The molecule has 0 aliphatic carbocycles. The number of aromatic nitrogens is 5. The molecule has 1 fully saturated rings. The third kappa shape index (κ3) is 4.22. The Balaban J connectivity index is 1.38. The summed E-state index contributed by atoms with van der Waals surface area (Å²) in [6.45, 7) is 0. The standard InChI is InChI=1S/C17H19N5O3S2/c1-22-14(9-12-7-8-27(23,24)11-12)18-21-17(22)26-10-15-19-20-16(25-15)13-5-3-2-4-6-13/h2-6,12H,7-11H2,1H3/t12-/m1/s1. The summed E-state index contributed by atoms with van der Waals surface area (Å²) in [6.07, 6.45) is 1.32. The van der Waals surface area contributed by atoms with Crippen molar-refractivity contribution < 1.29 is 12.8 Å². The maximum atomic E-state index is 11.6. The van der Waals surface area contributed by atoms with Crippen LogP contribution in [0.25, 0.3) is 11.5 Å². The second-order valence-corrected chi connectivity index (χ2v) is 9.76. The lowest BCUT2D eigenvalue weighted by atomic mass is 10.1. The smallest absolute Gasteiger partial charge is 0.247 e. The fourth-order valence-electron chi connectivity index (χ4n) is 3.08. The molecule has 142 valence electrons. The zero-order chi connectivity index (χ0) is 18.9. The minimum Gasteiger partial charge on any atom is -0.420 e. The molecule has 0 N–H and O–H groups in total. The number of sulfone groups is 1. The van der Waals surface area contributed by atoms with E-state index in [9.17, 15) is 8.42 Å². The zero-order valence-electron chi connectivity index (χ0n) is 14.8. The molecule has 8 nitrogen and oxygen atoms in total. The van der Waals surface area contributed by atoms with Gasteiger partial charge in [0, 0.05) is 19.0 Å². The number of hydrogen-bond donors (Lipinski definition) is 0. The van der Waals surface area contributed by atoms with E-state index in [1.807, 2.05) is 41.9 Å². The van der Waals surface area contributed by atoms with Crippen molar-refractivity contribution in [3.63, 3.8) is 0 Å². The number of nitrogens with zero attached hydrogens (tertiary/aromatic N) is 5. The molecule has 0 radical (unpaired) electrons. The number of rotatable bonds is 6. The van der Waals surface area contributed by atoms with Crippen LogP contribution in [0.5, 0.6) is 0 Å². The van der Waals surface area contributed by atoms with Crippen molar-refractivity contribution in [3.8, 4) is 11.5 Å². The van der Waals surface area contributed by atoms with E-state index in [1.54, 1.807) is 0 Å². The van der Waals surface area contributed by atoms with Gasteiger partial charge in [0.1, 0.15) is 5.82 Å². The van der Waals surface area contributed by atoms with Crippen molar-refractivity contribution in [1.82, 2.24) is 25.0 Å². The van der Waals surface area contributed by atoms with Crippen LogP contribution in [0.15, 0.2) is 39.9 Å². The Morgan fingerprint density at radius 2 is 2.00 bits per heavy atom. The van der Waals surface area contributed by atoms with Crippen molar-refractivity contribution in [2.75, 3.05) is 11.5 Å². The molecule has 1 saturated heterocycles. The normalized spacial score (nSPS) is 18.8. The van der Waals surface area contributed by atoms with Crippen LogP contribution >= 0.6 is 11.8 Å². The van der Waals surface area contributed by atoms with Gasteiger partial charge < -0.3 is 8.98 Å².